The highest BCUT2D eigenvalue weighted by Crippen LogP contribution is 2.40. The molecule has 49 heavy (non-hydrogen) atoms. The van der Waals surface area contributed by atoms with Gasteiger partial charge in [-0.15, -0.1) is 0 Å². The Kier molecular flexibility index (Phi) is 9.85. The SMILES string of the molecule is COC(=O)[C@H](Cc1cn(C(c2ccccc2)(c2ccccc2)c2ccccc2)cn1)NC(=O)N[C@@H](Cc1c[nH]c2ccccc12)C(=O)OC. The summed E-state index contributed by atoms with van der Waals surface area (Å²) in [6, 6.07) is 35.3. The topological polar surface area (TPSA) is 127 Å². The fourth-order valence-electron chi connectivity index (χ4n) is 6.40. The van der Waals surface area contributed by atoms with Crippen LogP contribution in [0.4, 0.5) is 4.79 Å². The number of nitrogens with zero attached hydrogens (tertiary/aromatic N) is 2. The Morgan fingerprint density at radius 1 is 0.714 bits per heavy atom. The first kappa shape index (κ1) is 32.8. The molecule has 0 fully saturated rings. The Balaban J connectivity index is 1.28. The summed E-state index contributed by atoms with van der Waals surface area (Å²) in [5, 5.41) is 6.31. The highest BCUT2D eigenvalue weighted by molar-refractivity contribution is 5.88. The monoisotopic (exact) mass is 655 g/mol. The zero-order chi connectivity index (χ0) is 34.2. The number of hydrogen-bond donors (Lipinski definition) is 3. The maximum Gasteiger partial charge on any atom is 0.328 e. The van der Waals surface area contributed by atoms with Crippen LogP contribution >= 0.6 is 0 Å². The normalized spacial score (nSPS) is 12.5. The van der Waals surface area contributed by atoms with E-state index < -0.39 is 35.6 Å². The lowest BCUT2D eigenvalue weighted by Gasteiger charge is -2.37. The van der Waals surface area contributed by atoms with E-state index in [1.165, 1.54) is 14.2 Å². The summed E-state index contributed by atoms with van der Waals surface area (Å²) in [5.74, 6) is -1.27. The van der Waals surface area contributed by atoms with Crippen LogP contribution < -0.4 is 10.6 Å². The van der Waals surface area contributed by atoms with E-state index in [4.69, 9.17) is 14.5 Å². The lowest BCUT2D eigenvalue weighted by Crippen LogP contribution is -2.52. The van der Waals surface area contributed by atoms with Gasteiger partial charge in [0, 0.05) is 36.1 Å². The number of H-pyrrole nitrogens is 1. The lowest BCUT2D eigenvalue weighted by molar-refractivity contribution is -0.143. The number of aromatic amines is 1. The number of fused-ring (bicyclic) bond motifs is 1. The Labute approximate surface area is 284 Å². The molecule has 3 N–H and O–H groups in total. The third kappa shape index (κ3) is 6.80. The summed E-state index contributed by atoms with van der Waals surface area (Å²) in [6.45, 7) is 0. The van der Waals surface area contributed by atoms with Crippen molar-refractivity contribution in [3.05, 3.63) is 162 Å². The van der Waals surface area contributed by atoms with Gasteiger partial charge >= 0.3 is 18.0 Å². The van der Waals surface area contributed by atoms with Gasteiger partial charge in [-0.1, -0.05) is 109 Å². The molecule has 0 bridgehead atoms. The Morgan fingerprint density at radius 2 is 1.20 bits per heavy atom. The fraction of sp³-hybridized carbons (Fsp3) is 0.179. The summed E-state index contributed by atoms with van der Waals surface area (Å²) >= 11 is 0. The third-order valence-electron chi connectivity index (χ3n) is 8.69. The first-order valence-corrected chi connectivity index (χ1v) is 15.9. The third-order valence-corrected chi connectivity index (χ3v) is 8.69. The summed E-state index contributed by atoms with van der Waals surface area (Å²) in [5.41, 5.74) is 4.54. The number of para-hydroxylation sites is 1. The van der Waals surface area contributed by atoms with Crippen LogP contribution in [0, 0.1) is 0 Å². The minimum atomic E-state index is -1.10. The van der Waals surface area contributed by atoms with E-state index >= 15 is 0 Å². The number of rotatable bonds is 12. The van der Waals surface area contributed by atoms with Gasteiger partial charge in [-0.2, -0.15) is 0 Å². The van der Waals surface area contributed by atoms with Crippen molar-refractivity contribution in [1.29, 1.82) is 0 Å². The maximum absolute atomic E-state index is 13.3. The number of esters is 2. The molecule has 6 rings (SSSR count). The van der Waals surface area contributed by atoms with E-state index in [0.29, 0.717) is 5.69 Å². The van der Waals surface area contributed by atoms with Gasteiger partial charge in [-0.05, 0) is 28.3 Å². The van der Waals surface area contributed by atoms with E-state index in [-0.39, 0.29) is 12.8 Å². The summed E-state index contributed by atoms with van der Waals surface area (Å²) in [7, 11) is 2.52. The van der Waals surface area contributed by atoms with Crippen LogP contribution in [0.25, 0.3) is 10.9 Å². The molecule has 0 aliphatic carbocycles. The largest absolute Gasteiger partial charge is 0.467 e. The van der Waals surface area contributed by atoms with Crippen LogP contribution in [-0.4, -0.2) is 58.8 Å². The van der Waals surface area contributed by atoms with Crippen LogP contribution in [0.3, 0.4) is 0 Å². The van der Waals surface area contributed by atoms with Crippen molar-refractivity contribution < 1.29 is 23.9 Å². The Morgan fingerprint density at radius 3 is 1.73 bits per heavy atom. The maximum atomic E-state index is 13.3. The highest BCUT2D eigenvalue weighted by Gasteiger charge is 2.38. The fourth-order valence-corrected chi connectivity index (χ4v) is 6.40. The Bertz CT molecular complexity index is 1930. The molecular weight excluding hydrogens is 618 g/mol. The first-order chi connectivity index (χ1) is 23.9. The van der Waals surface area contributed by atoms with Crippen molar-refractivity contribution in [2.75, 3.05) is 14.2 Å². The van der Waals surface area contributed by atoms with Crippen LogP contribution in [-0.2, 0) is 37.4 Å². The molecule has 10 nitrogen and oxygen atoms in total. The molecule has 248 valence electrons. The molecule has 2 atom stereocenters. The minimum absolute atomic E-state index is 0.0346. The number of urea groups is 1. The minimum Gasteiger partial charge on any atom is -0.467 e. The molecule has 0 aliphatic rings. The van der Waals surface area contributed by atoms with Gasteiger partial charge in [-0.25, -0.2) is 19.4 Å². The average molecular weight is 656 g/mol. The van der Waals surface area contributed by atoms with Crippen molar-refractivity contribution in [1.82, 2.24) is 25.2 Å². The number of amides is 2. The predicted octanol–water partition coefficient (Wildman–Crippen LogP) is 5.37. The summed E-state index contributed by atoms with van der Waals surface area (Å²) in [6.07, 6.45) is 5.64. The van der Waals surface area contributed by atoms with Crippen molar-refractivity contribution in [3.8, 4) is 0 Å². The molecule has 10 heteroatoms. The second kappa shape index (κ2) is 14.7. The number of carbonyl (C=O) groups excluding carboxylic acids is 3. The molecule has 4 aromatic carbocycles. The number of hydrogen-bond acceptors (Lipinski definition) is 6. The van der Waals surface area contributed by atoms with Crippen molar-refractivity contribution in [3.63, 3.8) is 0 Å². The van der Waals surface area contributed by atoms with E-state index in [1.54, 1.807) is 12.5 Å². The van der Waals surface area contributed by atoms with Gasteiger partial charge in [0.2, 0.25) is 0 Å². The van der Waals surface area contributed by atoms with Crippen LogP contribution in [0.5, 0.6) is 0 Å². The number of benzene rings is 4. The van der Waals surface area contributed by atoms with Gasteiger partial charge in [0.05, 0.1) is 26.2 Å². The molecule has 0 unspecified atom stereocenters. The number of ether oxygens (including phenoxy) is 2. The molecule has 0 saturated carbocycles. The van der Waals surface area contributed by atoms with Gasteiger partial charge in [0.25, 0.3) is 0 Å². The molecule has 2 heterocycles. The summed E-state index contributed by atoms with van der Waals surface area (Å²) in [4.78, 5) is 47.0. The highest BCUT2D eigenvalue weighted by atomic mass is 16.5. The van der Waals surface area contributed by atoms with Gasteiger partial charge in [-0.3, -0.25) is 0 Å². The van der Waals surface area contributed by atoms with E-state index in [0.717, 1.165) is 33.2 Å². The number of methoxy groups -OCH3 is 2. The van der Waals surface area contributed by atoms with Gasteiger partial charge in [0.1, 0.15) is 17.6 Å². The van der Waals surface area contributed by atoms with Gasteiger partial charge in [0.15, 0.2) is 0 Å². The van der Waals surface area contributed by atoms with E-state index in [1.807, 2.05) is 89.6 Å². The molecule has 0 spiro atoms. The zero-order valence-electron chi connectivity index (χ0n) is 27.2. The van der Waals surface area contributed by atoms with Crippen LogP contribution in [0.1, 0.15) is 27.9 Å². The average Bonchev–Trinajstić information content (AvgIpc) is 3.79. The quantitative estimate of drug-likeness (QED) is 0.120. The van der Waals surface area contributed by atoms with Crippen molar-refractivity contribution in [2.45, 2.75) is 30.5 Å². The number of nitrogens with one attached hydrogen (secondary N) is 3. The second-order valence-electron chi connectivity index (χ2n) is 11.6. The Hall–Kier alpha value is -6.16. The molecule has 0 radical (unpaired) electrons. The zero-order valence-corrected chi connectivity index (χ0v) is 27.2. The molecule has 0 aliphatic heterocycles. The van der Waals surface area contributed by atoms with Crippen LogP contribution in [0.2, 0.25) is 0 Å². The first-order valence-electron chi connectivity index (χ1n) is 15.9. The number of carbonyl (C=O) groups is 3. The molecule has 2 aromatic heterocycles. The van der Waals surface area contributed by atoms with Crippen molar-refractivity contribution in [2.24, 2.45) is 0 Å². The van der Waals surface area contributed by atoms with Crippen LogP contribution in [0.15, 0.2) is 134 Å². The molecular formula is C39H37N5O5. The standard InChI is InChI=1S/C39H37N5O5/c1-48-36(45)34(22-27-24-40-33-21-13-12-20-32(27)33)42-38(47)43-35(37(46)49-2)23-31-25-44(26-41-31)39(28-14-6-3-7-15-28,29-16-8-4-9-17-29)30-18-10-5-11-19-30/h3-21,24-26,34-35,40H,22-23H2,1-2H3,(H2,42,43,47)/t34-,35-/m0/s1. The molecule has 2 amide bonds. The molecule has 0 saturated heterocycles. The van der Waals surface area contributed by atoms with E-state index in [2.05, 4.69) is 52.0 Å². The van der Waals surface area contributed by atoms with Gasteiger partial charge < -0.3 is 29.7 Å². The predicted molar refractivity (Wildman–Crippen MR) is 186 cm³/mol. The lowest BCUT2D eigenvalue weighted by atomic mass is 9.77. The summed E-state index contributed by atoms with van der Waals surface area (Å²) < 4.78 is 12.1. The number of aromatic nitrogens is 3. The van der Waals surface area contributed by atoms with E-state index in [9.17, 15) is 14.4 Å². The smallest absolute Gasteiger partial charge is 0.328 e. The molecule has 6 aromatic rings. The number of imidazole rings is 1. The van der Waals surface area contributed by atoms with Crippen molar-refractivity contribution >= 4 is 28.9 Å². The second-order valence-corrected chi connectivity index (χ2v) is 11.6.